The molecule has 2 rings (SSSR count). The SMILES string of the molecule is COC(=O)/C=C1\Nc2cc(Cl)c(OC)cc2C(=O)NC1=O. The summed E-state index contributed by atoms with van der Waals surface area (Å²) in [5.74, 6) is -1.83. The minimum absolute atomic E-state index is 0.129. The second-order valence-electron chi connectivity index (χ2n) is 4.02. The Balaban J connectivity index is 2.52. The smallest absolute Gasteiger partial charge is 0.332 e. The Kier molecular flexibility index (Phi) is 4.13. The Morgan fingerprint density at radius 1 is 1.19 bits per heavy atom. The number of carbonyl (C=O) groups excluding carboxylic acids is 3. The number of fused-ring (bicyclic) bond motifs is 1. The Labute approximate surface area is 124 Å². The molecule has 0 aliphatic carbocycles. The highest BCUT2D eigenvalue weighted by molar-refractivity contribution is 6.33. The van der Waals surface area contributed by atoms with Crippen molar-refractivity contribution in [3.05, 3.63) is 34.5 Å². The summed E-state index contributed by atoms with van der Waals surface area (Å²) in [6, 6.07) is 2.83. The molecule has 1 aliphatic heterocycles. The van der Waals surface area contributed by atoms with Crippen molar-refractivity contribution in [3.8, 4) is 5.75 Å². The summed E-state index contributed by atoms with van der Waals surface area (Å²) in [7, 11) is 2.58. The molecule has 0 bridgehead atoms. The molecule has 0 atom stereocenters. The van der Waals surface area contributed by atoms with Gasteiger partial charge in [0.1, 0.15) is 11.4 Å². The van der Waals surface area contributed by atoms with Gasteiger partial charge in [-0.1, -0.05) is 11.6 Å². The van der Waals surface area contributed by atoms with Crippen LogP contribution in [0.15, 0.2) is 23.9 Å². The molecular weight excluding hydrogens is 300 g/mol. The van der Waals surface area contributed by atoms with E-state index in [1.807, 2.05) is 0 Å². The van der Waals surface area contributed by atoms with Crippen molar-refractivity contribution in [2.24, 2.45) is 0 Å². The quantitative estimate of drug-likeness (QED) is 0.482. The molecule has 0 fully saturated rings. The van der Waals surface area contributed by atoms with E-state index in [-0.39, 0.29) is 22.0 Å². The van der Waals surface area contributed by atoms with Gasteiger partial charge in [0, 0.05) is 0 Å². The molecule has 1 aromatic rings. The first-order valence-corrected chi connectivity index (χ1v) is 6.14. The van der Waals surface area contributed by atoms with Gasteiger partial charge in [0.2, 0.25) is 0 Å². The molecule has 0 spiro atoms. The molecular formula is C13H11ClN2O5. The van der Waals surface area contributed by atoms with Gasteiger partial charge in [-0.3, -0.25) is 14.9 Å². The lowest BCUT2D eigenvalue weighted by Gasteiger charge is -2.10. The zero-order valence-electron chi connectivity index (χ0n) is 11.2. The van der Waals surface area contributed by atoms with Gasteiger partial charge in [0.15, 0.2) is 0 Å². The van der Waals surface area contributed by atoms with Crippen LogP contribution in [0.1, 0.15) is 10.4 Å². The first kappa shape index (κ1) is 14.9. The minimum atomic E-state index is -0.753. The van der Waals surface area contributed by atoms with E-state index in [0.29, 0.717) is 5.75 Å². The van der Waals surface area contributed by atoms with Crippen LogP contribution in [0.3, 0.4) is 0 Å². The molecule has 0 unspecified atom stereocenters. The fourth-order valence-electron chi connectivity index (χ4n) is 1.72. The summed E-state index contributed by atoms with van der Waals surface area (Å²) in [6.45, 7) is 0. The summed E-state index contributed by atoms with van der Waals surface area (Å²) in [6.07, 6.45) is 0.940. The lowest BCUT2D eigenvalue weighted by atomic mass is 10.1. The predicted molar refractivity (Wildman–Crippen MR) is 74.2 cm³/mol. The van der Waals surface area contributed by atoms with E-state index in [1.54, 1.807) is 0 Å². The number of esters is 1. The molecule has 0 saturated carbocycles. The Bertz CT molecular complexity index is 669. The maximum absolute atomic E-state index is 12.0. The molecule has 7 nitrogen and oxygen atoms in total. The number of carbonyl (C=O) groups is 3. The highest BCUT2D eigenvalue weighted by atomic mass is 35.5. The molecule has 8 heteroatoms. The highest BCUT2D eigenvalue weighted by Gasteiger charge is 2.25. The van der Waals surface area contributed by atoms with Crippen molar-refractivity contribution < 1.29 is 23.9 Å². The zero-order valence-corrected chi connectivity index (χ0v) is 11.9. The highest BCUT2D eigenvalue weighted by Crippen LogP contribution is 2.32. The van der Waals surface area contributed by atoms with Gasteiger partial charge in [-0.15, -0.1) is 0 Å². The largest absolute Gasteiger partial charge is 0.495 e. The third-order valence-electron chi connectivity index (χ3n) is 2.74. The first-order chi connectivity index (χ1) is 9.96. The average molecular weight is 311 g/mol. The molecule has 110 valence electrons. The van der Waals surface area contributed by atoms with Crippen molar-refractivity contribution in [2.45, 2.75) is 0 Å². The van der Waals surface area contributed by atoms with Crippen LogP contribution in [0.4, 0.5) is 5.69 Å². The van der Waals surface area contributed by atoms with Crippen LogP contribution in [0, 0.1) is 0 Å². The molecule has 2 amide bonds. The van der Waals surface area contributed by atoms with Gasteiger partial charge in [-0.25, -0.2) is 4.79 Å². The Hall–Kier alpha value is -2.54. The van der Waals surface area contributed by atoms with E-state index in [9.17, 15) is 14.4 Å². The van der Waals surface area contributed by atoms with Crippen LogP contribution in [0.25, 0.3) is 0 Å². The third kappa shape index (κ3) is 2.97. The Morgan fingerprint density at radius 3 is 2.52 bits per heavy atom. The molecule has 2 N–H and O–H groups in total. The number of amides is 2. The second-order valence-corrected chi connectivity index (χ2v) is 4.43. The van der Waals surface area contributed by atoms with E-state index < -0.39 is 17.8 Å². The maximum Gasteiger partial charge on any atom is 0.332 e. The predicted octanol–water partition coefficient (Wildman–Crippen LogP) is 1.09. The summed E-state index contributed by atoms with van der Waals surface area (Å²) >= 11 is 5.99. The van der Waals surface area contributed by atoms with Gasteiger partial charge >= 0.3 is 5.97 Å². The first-order valence-electron chi connectivity index (χ1n) is 5.76. The summed E-state index contributed by atoms with van der Waals surface area (Å²) in [5.41, 5.74) is 0.312. The summed E-state index contributed by atoms with van der Waals surface area (Å²) in [5, 5.41) is 5.07. The lowest BCUT2D eigenvalue weighted by molar-refractivity contribution is -0.135. The Morgan fingerprint density at radius 2 is 1.90 bits per heavy atom. The summed E-state index contributed by atoms with van der Waals surface area (Å²) in [4.78, 5) is 35.1. The van der Waals surface area contributed by atoms with Crippen LogP contribution in [0.5, 0.6) is 5.75 Å². The number of imide groups is 1. The van der Waals surface area contributed by atoms with Crippen molar-refractivity contribution in [2.75, 3.05) is 19.5 Å². The monoisotopic (exact) mass is 310 g/mol. The number of methoxy groups -OCH3 is 2. The molecule has 1 aromatic carbocycles. The minimum Gasteiger partial charge on any atom is -0.495 e. The maximum atomic E-state index is 12.0. The normalized spacial score (nSPS) is 15.7. The van der Waals surface area contributed by atoms with Gasteiger partial charge < -0.3 is 14.8 Å². The fourth-order valence-corrected chi connectivity index (χ4v) is 1.96. The number of anilines is 1. The van der Waals surface area contributed by atoms with Crippen LogP contribution in [0.2, 0.25) is 5.02 Å². The average Bonchev–Trinajstić information content (AvgIpc) is 2.55. The van der Waals surface area contributed by atoms with Crippen molar-refractivity contribution in [1.29, 1.82) is 0 Å². The molecule has 0 saturated heterocycles. The number of nitrogens with one attached hydrogen (secondary N) is 2. The third-order valence-corrected chi connectivity index (χ3v) is 3.04. The summed E-state index contributed by atoms with van der Waals surface area (Å²) < 4.78 is 9.47. The fraction of sp³-hybridized carbons (Fsp3) is 0.154. The molecule has 1 heterocycles. The lowest BCUT2D eigenvalue weighted by Crippen LogP contribution is -2.30. The van der Waals surface area contributed by atoms with Crippen LogP contribution in [-0.2, 0) is 14.3 Å². The number of rotatable bonds is 2. The van der Waals surface area contributed by atoms with E-state index >= 15 is 0 Å². The molecule has 0 aromatic heterocycles. The topological polar surface area (TPSA) is 93.7 Å². The number of ether oxygens (including phenoxy) is 2. The second kappa shape index (κ2) is 5.84. The van der Waals surface area contributed by atoms with Crippen molar-refractivity contribution in [1.82, 2.24) is 5.32 Å². The van der Waals surface area contributed by atoms with E-state index in [2.05, 4.69) is 15.4 Å². The van der Waals surface area contributed by atoms with E-state index in [0.717, 1.165) is 6.08 Å². The van der Waals surface area contributed by atoms with Crippen molar-refractivity contribution in [3.63, 3.8) is 0 Å². The van der Waals surface area contributed by atoms with Crippen molar-refractivity contribution >= 4 is 35.1 Å². The van der Waals surface area contributed by atoms with E-state index in [4.69, 9.17) is 16.3 Å². The van der Waals surface area contributed by atoms with Crippen LogP contribution in [-0.4, -0.2) is 32.0 Å². The number of hydrogen-bond donors (Lipinski definition) is 2. The number of hydrogen-bond acceptors (Lipinski definition) is 6. The van der Waals surface area contributed by atoms with Gasteiger partial charge in [-0.05, 0) is 12.1 Å². The van der Waals surface area contributed by atoms with Crippen LogP contribution < -0.4 is 15.4 Å². The van der Waals surface area contributed by atoms with E-state index in [1.165, 1.54) is 26.4 Å². The van der Waals surface area contributed by atoms with Gasteiger partial charge in [-0.2, -0.15) is 0 Å². The molecule has 1 aliphatic rings. The molecule has 0 radical (unpaired) electrons. The van der Waals surface area contributed by atoms with Gasteiger partial charge in [0.25, 0.3) is 11.8 Å². The molecule has 21 heavy (non-hydrogen) atoms. The van der Waals surface area contributed by atoms with Crippen LogP contribution >= 0.6 is 11.6 Å². The standard InChI is InChI=1S/C13H11ClN2O5/c1-20-10-3-6-8(4-7(10)14)15-9(5-11(17)21-2)13(19)16-12(6)18/h3-5,15H,1-2H3,(H,16,18,19)/b9-5-. The number of halogens is 1. The van der Waals surface area contributed by atoms with Gasteiger partial charge in [0.05, 0.1) is 36.6 Å². The zero-order chi connectivity index (χ0) is 15.6. The number of benzene rings is 1.